The lowest BCUT2D eigenvalue weighted by atomic mass is 10.5. The normalized spacial score (nSPS) is 35.1. The van der Waals surface area contributed by atoms with Gasteiger partial charge in [-0.2, -0.15) is 0 Å². The van der Waals surface area contributed by atoms with Crippen molar-refractivity contribution < 1.29 is 9.05 Å². The predicted octanol–water partition coefficient (Wildman–Crippen LogP) is 0.487. The van der Waals surface area contributed by atoms with Crippen LogP contribution in [0.3, 0.4) is 0 Å². The van der Waals surface area contributed by atoms with Crippen molar-refractivity contribution in [2.45, 2.75) is 19.1 Å². The van der Waals surface area contributed by atoms with E-state index < -0.39 is 10.8 Å². The van der Waals surface area contributed by atoms with Gasteiger partial charge in [-0.25, -0.2) is 0 Å². The molecule has 0 spiro atoms. The van der Waals surface area contributed by atoms with Crippen LogP contribution >= 0.6 is 0 Å². The lowest BCUT2D eigenvalue weighted by molar-refractivity contribution is 0.144. The Morgan fingerprint density at radius 3 is 3.00 bits per heavy atom. The highest BCUT2D eigenvalue weighted by Gasteiger charge is 2.18. The second-order valence-corrected chi connectivity index (χ2v) is 4.00. The minimum Gasteiger partial charge on any atom is -0.394 e. The molecule has 0 saturated carbocycles. The molecule has 1 heterocycles. The molecule has 0 aromatic rings. The summed E-state index contributed by atoms with van der Waals surface area (Å²) < 4.78 is 11.0. The third-order valence-corrected chi connectivity index (χ3v) is 2.68. The van der Waals surface area contributed by atoms with E-state index in [1.165, 1.54) is 0 Å². The fourth-order valence-corrected chi connectivity index (χ4v) is 1.52. The summed E-state index contributed by atoms with van der Waals surface area (Å²) >= 11 is 0. The van der Waals surface area contributed by atoms with Crippen molar-refractivity contribution >= 4 is 15.8 Å². The largest absolute Gasteiger partial charge is 0.394 e. The molecular formula is C5H9NO2S. The van der Waals surface area contributed by atoms with Crippen LogP contribution in [0.1, 0.15) is 13.8 Å². The zero-order valence-electron chi connectivity index (χ0n) is 5.46. The SMILES string of the molecule is CC1=NOCC(C)S1=O. The van der Waals surface area contributed by atoms with Crippen molar-refractivity contribution in [3.05, 3.63) is 0 Å². The number of oxime groups is 1. The van der Waals surface area contributed by atoms with Crippen molar-refractivity contribution in [1.82, 2.24) is 0 Å². The van der Waals surface area contributed by atoms with Crippen molar-refractivity contribution in [2.24, 2.45) is 5.16 Å². The van der Waals surface area contributed by atoms with Gasteiger partial charge in [0.1, 0.15) is 11.7 Å². The van der Waals surface area contributed by atoms with Crippen LogP contribution < -0.4 is 0 Å². The van der Waals surface area contributed by atoms with Crippen molar-refractivity contribution in [3.63, 3.8) is 0 Å². The van der Waals surface area contributed by atoms with Gasteiger partial charge >= 0.3 is 0 Å². The van der Waals surface area contributed by atoms with Crippen LogP contribution in [0.25, 0.3) is 0 Å². The first-order valence-electron chi connectivity index (χ1n) is 2.79. The molecule has 0 fully saturated rings. The molecule has 0 radical (unpaired) electrons. The van der Waals surface area contributed by atoms with Crippen LogP contribution in [-0.4, -0.2) is 21.1 Å². The Balaban J connectivity index is 2.74. The standard InChI is InChI=1S/C5H9NO2S/c1-4-3-8-6-5(2)9(4)7/h4H,3H2,1-2H3. The zero-order valence-corrected chi connectivity index (χ0v) is 6.27. The average Bonchev–Trinajstić information content (AvgIpc) is 1.83. The Bertz CT molecular complexity index is 166. The Labute approximate surface area is 56.5 Å². The topological polar surface area (TPSA) is 38.7 Å². The van der Waals surface area contributed by atoms with Crippen LogP contribution in [0.15, 0.2) is 5.16 Å². The van der Waals surface area contributed by atoms with Gasteiger partial charge in [0.05, 0.1) is 16.0 Å². The first-order valence-corrected chi connectivity index (χ1v) is 4.00. The van der Waals surface area contributed by atoms with Gasteiger partial charge in [0, 0.05) is 0 Å². The highest BCUT2D eigenvalue weighted by Crippen LogP contribution is 2.05. The van der Waals surface area contributed by atoms with Crippen LogP contribution in [0.5, 0.6) is 0 Å². The molecule has 52 valence electrons. The molecular weight excluding hydrogens is 138 g/mol. The van der Waals surface area contributed by atoms with Gasteiger partial charge in [-0.1, -0.05) is 5.16 Å². The molecule has 0 amide bonds. The van der Waals surface area contributed by atoms with Crippen LogP contribution in [0.4, 0.5) is 0 Å². The fraction of sp³-hybridized carbons (Fsp3) is 0.800. The molecule has 1 rings (SSSR count). The second kappa shape index (κ2) is 2.47. The van der Waals surface area contributed by atoms with E-state index >= 15 is 0 Å². The lowest BCUT2D eigenvalue weighted by Crippen LogP contribution is -2.26. The molecule has 1 aliphatic rings. The maximum Gasteiger partial charge on any atom is 0.141 e. The van der Waals surface area contributed by atoms with Crippen molar-refractivity contribution in [2.75, 3.05) is 6.61 Å². The van der Waals surface area contributed by atoms with Gasteiger partial charge in [0.2, 0.25) is 0 Å². The minimum atomic E-state index is -0.905. The Morgan fingerprint density at radius 1 is 1.89 bits per heavy atom. The summed E-state index contributed by atoms with van der Waals surface area (Å²) in [6.07, 6.45) is 0. The highest BCUT2D eigenvalue weighted by molar-refractivity contribution is 8.01. The smallest absolute Gasteiger partial charge is 0.141 e. The summed E-state index contributed by atoms with van der Waals surface area (Å²) in [6.45, 7) is 4.07. The van der Waals surface area contributed by atoms with Gasteiger partial charge in [-0.3, -0.25) is 4.21 Å². The predicted molar refractivity (Wildman–Crippen MR) is 36.7 cm³/mol. The number of hydrogen-bond donors (Lipinski definition) is 0. The van der Waals surface area contributed by atoms with Gasteiger partial charge in [0.15, 0.2) is 0 Å². The van der Waals surface area contributed by atoms with Gasteiger partial charge in [0.25, 0.3) is 0 Å². The van der Waals surface area contributed by atoms with Gasteiger partial charge in [-0.15, -0.1) is 0 Å². The molecule has 0 bridgehead atoms. The van der Waals surface area contributed by atoms with Crippen LogP contribution in [-0.2, 0) is 15.6 Å². The molecule has 0 aromatic carbocycles. The third-order valence-electron chi connectivity index (χ3n) is 1.16. The summed E-state index contributed by atoms with van der Waals surface area (Å²) in [5, 5.41) is 4.27. The summed E-state index contributed by atoms with van der Waals surface area (Å²) in [7, 11) is -0.905. The monoisotopic (exact) mass is 147 g/mol. The van der Waals surface area contributed by atoms with Crippen LogP contribution in [0.2, 0.25) is 0 Å². The Morgan fingerprint density at radius 2 is 2.56 bits per heavy atom. The minimum absolute atomic E-state index is 0.0995. The summed E-state index contributed by atoms with van der Waals surface area (Å²) in [6, 6.07) is 0. The fourth-order valence-electron chi connectivity index (χ4n) is 0.623. The molecule has 0 aliphatic carbocycles. The molecule has 3 nitrogen and oxygen atoms in total. The first-order chi connectivity index (χ1) is 4.22. The van der Waals surface area contributed by atoms with E-state index in [0.717, 1.165) is 0 Å². The number of rotatable bonds is 0. The van der Waals surface area contributed by atoms with E-state index in [1.54, 1.807) is 6.92 Å². The molecule has 0 aromatic heterocycles. The van der Waals surface area contributed by atoms with E-state index in [2.05, 4.69) is 5.16 Å². The average molecular weight is 147 g/mol. The lowest BCUT2D eigenvalue weighted by Gasteiger charge is -2.14. The van der Waals surface area contributed by atoms with E-state index in [4.69, 9.17) is 4.84 Å². The zero-order chi connectivity index (χ0) is 6.85. The van der Waals surface area contributed by atoms with E-state index in [9.17, 15) is 4.21 Å². The van der Waals surface area contributed by atoms with Gasteiger partial charge in [-0.05, 0) is 13.8 Å². The Hall–Kier alpha value is -0.380. The van der Waals surface area contributed by atoms with E-state index in [0.29, 0.717) is 11.7 Å². The van der Waals surface area contributed by atoms with E-state index in [-0.39, 0.29) is 5.25 Å². The Kier molecular flexibility index (Phi) is 1.85. The summed E-state index contributed by atoms with van der Waals surface area (Å²) in [5.74, 6) is 0. The number of hydrogen-bond acceptors (Lipinski definition) is 3. The molecule has 2 unspecified atom stereocenters. The quantitative estimate of drug-likeness (QED) is 0.500. The van der Waals surface area contributed by atoms with Crippen molar-refractivity contribution in [1.29, 1.82) is 0 Å². The molecule has 2 atom stereocenters. The highest BCUT2D eigenvalue weighted by atomic mass is 32.2. The van der Waals surface area contributed by atoms with E-state index in [1.807, 2.05) is 6.92 Å². The number of nitrogens with zero attached hydrogens (tertiary/aromatic N) is 1. The summed E-state index contributed by atoms with van der Waals surface area (Å²) in [5.41, 5.74) is 0. The maximum absolute atomic E-state index is 11.0. The van der Waals surface area contributed by atoms with Gasteiger partial charge < -0.3 is 4.84 Å². The molecule has 4 heteroatoms. The molecule has 0 saturated heterocycles. The third kappa shape index (κ3) is 1.30. The van der Waals surface area contributed by atoms with Crippen LogP contribution in [0, 0.1) is 0 Å². The molecule has 0 N–H and O–H groups in total. The molecule has 1 aliphatic heterocycles. The first kappa shape index (κ1) is 6.74. The van der Waals surface area contributed by atoms with Crippen molar-refractivity contribution in [3.8, 4) is 0 Å². The molecule has 9 heavy (non-hydrogen) atoms. The summed E-state index contributed by atoms with van der Waals surface area (Å²) in [4.78, 5) is 4.76. The second-order valence-electron chi connectivity index (χ2n) is 2.01. The maximum atomic E-state index is 11.0.